The first-order valence-corrected chi connectivity index (χ1v) is 7.52. The molecule has 0 N–H and O–H groups in total. The fourth-order valence-corrected chi connectivity index (χ4v) is 4.05. The van der Waals surface area contributed by atoms with Gasteiger partial charge in [0.1, 0.15) is 0 Å². The van der Waals surface area contributed by atoms with Crippen molar-refractivity contribution < 1.29 is 0 Å². The first-order chi connectivity index (χ1) is 7.74. The lowest BCUT2D eigenvalue weighted by molar-refractivity contribution is 1.04. The normalized spacial score (nSPS) is 12.6. The van der Waals surface area contributed by atoms with Gasteiger partial charge in [0.15, 0.2) is 0 Å². The van der Waals surface area contributed by atoms with Gasteiger partial charge in [-0.2, -0.15) is 0 Å². The third-order valence-electron chi connectivity index (χ3n) is 2.10. The van der Waals surface area contributed by atoms with Crippen molar-refractivity contribution >= 4 is 39.0 Å². The molecule has 0 aliphatic carbocycles. The summed E-state index contributed by atoms with van der Waals surface area (Å²) < 4.78 is 1.19. The third-order valence-corrected chi connectivity index (χ3v) is 4.79. The quantitative estimate of drug-likeness (QED) is 0.712. The van der Waals surface area contributed by atoms with Gasteiger partial charge in [0, 0.05) is 15.0 Å². The summed E-state index contributed by atoms with van der Waals surface area (Å²) in [5.74, 6) is 0. The van der Waals surface area contributed by atoms with Crippen LogP contribution in [0.1, 0.15) is 4.88 Å². The van der Waals surface area contributed by atoms with Crippen molar-refractivity contribution in [2.75, 3.05) is 0 Å². The molecule has 2 aromatic rings. The average Bonchev–Trinajstić information content (AvgIpc) is 2.65. The predicted octanol–water partition coefficient (Wildman–Crippen LogP) is 5.05. The number of hydrogen-bond donors (Lipinski definition) is 0. The van der Waals surface area contributed by atoms with E-state index in [4.69, 9.17) is 0 Å². The van der Waals surface area contributed by atoms with Gasteiger partial charge in [0.25, 0.3) is 0 Å². The molecule has 0 saturated heterocycles. The zero-order valence-corrected chi connectivity index (χ0v) is 11.9. The summed E-state index contributed by atoms with van der Waals surface area (Å²) in [7, 11) is 0. The number of thioether (sulfide) groups is 1. The molecular formula is C13H12BrS2. The molecule has 1 unspecified atom stereocenters. The first-order valence-electron chi connectivity index (χ1n) is 5.03. The second-order valence-corrected chi connectivity index (χ2v) is 7.38. The SMILES string of the molecule is [CH2]C(Cc1ccc(Br)s1)Sc1ccccc1. The van der Waals surface area contributed by atoms with Gasteiger partial charge in [-0.05, 0) is 53.5 Å². The molecule has 0 fully saturated rings. The van der Waals surface area contributed by atoms with Crippen molar-refractivity contribution in [1.29, 1.82) is 0 Å². The van der Waals surface area contributed by atoms with E-state index in [9.17, 15) is 0 Å². The molecule has 0 saturated carbocycles. The maximum absolute atomic E-state index is 4.19. The van der Waals surface area contributed by atoms with Crippen LogP contribution in [0.4, 0.5) is 0 Å². The lowest BCUT2D eigenvalue weighted by Crippen LogP contribution is -1.99. The fourth-order valence-electron chi connectivity index (χ4n) is 1.42. The molecule has 0 aliphatic rings. The summed E-state index contributed by atoms with van der Waals surface area (Å²) in [6.45, 7) is 4.19. The van der Waals surface area contributed by atoms with Crippen molar-refractivity contribution in [3.63, 3.8) is 0 Å². The maximum atomic E-state index is 4.19. The van der Waals surface area contributed by atoms with Crippen molar-refractivity contribution in [1.82, 2.24) is 0 Å². The summed E-state index contributed by atoms with van der Waals surface area (Å²) in [5.41, 5.74) is 0. The summed E-state index contributed by atoms with van der Waals surface area (Å²) in [6.07, 6.45) is 1.02. The van der Waals surface area contributed by atoms with Crippen LogP contribution in [0.25, 0.3) is 0 Å². The van der Waals surface area contributed by atoms with Crippen molar-refractivity contribution in [3.8, 4) is 0 Å². The maximum Gasteiger partial charge on any atom is 0.0701 e. The molecule has 1 aromatic carbocycles. The Morgan fingerprint density at radius 3 is 2.56 bits per heavy atom. The zero-order chi connectivity index (χ0) is 11.4. The standard InChI is InChI=1S/C13H12BrS2/c1-10(9-12-7-8-13(14)16-12)15-11-5-3-2-4-6-11/h2-8,10H,1,9H2. The summed E-state index contributed by atoms with van der Waals surface area (Å²) in [6, 6.07) is 14.7. The Labute approximate surface area is 113 Å². The molecule has 1 radical (unpaired) electrons. The van der Waals surface area contributed by atoms with Crippen LogP contribution >= 0.6 is 39.0 Å². The third kappa shape index (κ3) is 3.65. The van der Waals surface area contributed by atoms with E-state index in [1.54, 1.807) is 11.3 Å². The van der Waals surface area contributed by atoms with Gasteiger partial charge in [0.05, 0.1) is 3.79 Å². The van der Waals surface area contributed by atoms with E-state index in [0.29, 0.717) is 5.25 Å². The summed E-state index contributed by atoms with van der Waals surface area (Å²) in [4.78, 5) is 2.67. The summed E-state index contributed by atoms with van der Waals surface area (Å²) >= 11 is 7.10. The molecule has 0 bridgehead atoms. The Bertz CT molecular complexity index is 436. The van der Waals surface area contributed by atoms with Crippen molar-refractivity contribution in [3.05, 3.63) is 58.1 Å². The van der Waals surface area contributed by atoms with E-state index >= 15 is 0 Å². The highest BCUT2D eigenvalue weighted by atomic mass is 79.9. The molecule has 0 amide bonds. The highest BCUT2D eigenvalue weighted by Gasteiger charge is 2.07. The lowest BCUT2D eigenvalue weighted by Gasteiger charge is -2.09. The van der Waals surface area contributed by atoms with Gasteiger partial charge in [0.2, 0.25) is 0 Å². The van der Waals surface area contributed by atoms with E-state index in [0.717, 1.165) is 6.42 Å². The number of benzene rings is 1. The van der Waals surface area contributed by atoms with Gasteiger partial charge in [-0.15, -0.1) is 23.1 Å². The first kappa shape index (κ1) is 12.2. The van der Waals surface area contributed by atoms with E-state index in [-0.39, 0.29) is 0 Å². The Kier molecular flexibility index (Phi) is 4.50. The van der Waals surface area contributed by atoms with Crippen molar-refractivity contribution in [2.24, 2.45) is 0 Å². The zero-order valence-electron chi connectivity index (χ0n) is 8.73. The van der Waals surface area contributed by atoms with E-state index in [1.165, 1.54) is 13.6 Å². The molecule has 1 atom stereocenters. The van der Waals surface area contributed by atoms with Gasteiger partial charge in [-0.25, -0.2) is 0 Å². The monoisotopic (exact) mass is 311 g/mol. The second kappa shape index (κ2) is 5.89. The van der Waals surface area contributed by atoms with Gasteiger partial charge >= 0.3 is 0 Å². The van der Waals surface area contributed by atoms with E-state index < -0.39 is 0 Å². The largest absolute Gasteiger partial charge is 0.133 e. The van der Waals surface area contributed by atoms with Crippen LogP contribution in [0.5, 0.6) is 0 Å². The molecule has 2 rings (SSSR count). The van der Waals surface area contributed by atoms with Crippen LogP contribution in [0.15, 0.2) is 51.1 Å². The highest BCUT2D eigenvalue weighted by Crippen LogP contribution is 2.29. The minimum atomic E-state index is 0.368. The Morgan fingerprint density at radius 2 is 1.94 bits per heavy atom. The minimum Gasteiger partial charge on any atom is -0.133 e. The Morgan fingerprint density at radius 1 is 1.19 bits per heavy atom. The second-order valence-electron chi connectivity index (χ2n) is 3.46. The topological polar surface area (TPSA) is 0 Å². The average molecular weight is 312 g/mol. The van der Waals surface area contributed by atoms with E-state index in [1.807, 2.05) is 17.8 Å². The molecule has 1 aromatic heterocycles. The van der Waals surface area contributed by atoms with Crippen LogP contribution in [-0.2, 0) is 6.42 Å². The number of hydrogen-bond acceptors (Lipinski definition) is 2. The van der Waals surface area contributed by atoms with E-state index in [2.05, 4.69) is 59.3 Å². The number of rotatable bonds is 4. The van der Waals surface area contributed by atoms with Gasteiger partial charge in [-0.3, -0.25) is 0 Å². The highest BCUT2D eigenvalue weighted by molar-refractivity contribution is 9.11. The molecular weight excluding hydrogens is 300 g/mol. The van der Waals surface area contributed by atoms with Crippen LogP contribution in [0.2, 0.25) is 0 Å². The molecule has 0 spiro atoms. The summed E-state index contributed by atoms with van der Waals surface area (Å²) in [5, 5.41) is 0.368. The van der Waals surface area contributed by atoms with Crippen LogP contribution < -0.4 is 0 Å². The molecule has 3 heteroatoms. The van der Waals surface area contributed by atoms with Crippen LogP contribution in [-0.4, -0.2) is 5.25 Å². The fraction of sp³-hybridized carbons (Fsp3) is 0.154. The Balaban J connectivity index is 1.92. The number of thiophene rings is 1. The molecule has 0 nitrogen and oxygen atoms in total. The Hall–Kier alpha value is -0.250. The number of halogens is 1. The molecule has 83 valence electrons. The van der Waals surface area contributed by atoms with Crippen LogP contribution in [0, 0.1) is 6.92 Å². The van der Waals surface area contributed by atoms with Gasteiger partial charge < -0.3 is 0 Å². The minimum absolute atomic E-state index is 0.368. The lowest BCUT2D eigenvalue weighted by atomic mass is 10.3. The van der Waals surface area contributed by atoms with Crippen LogP contribution in [0.3, 0.4) is 0 Å². The molecule has 0 aliphatic heterocycles. The molecule has 16 heavy (non-hydrogen) atoms. The predicted molar refractivity (Wildman–Crippen MR) is 77.2 cm³/mol. The van der Waals surface area contributed by atoms with Crippen molar-refractivity contribution in [2.45, 2.75) is 16.6 Å². The smallest absolute Gasteiger partial charge is 0.0701 e. The van der Waals surface area contributed by atoms with Gasteiger partial charge in [-0.1, -0.05) is 18.2 Å². The molecule has 1 heterocycles.